The average Bonchev–Trinajstić information content (AvgIpc) is 2.49. The highest BCUT2D eigenvalue weighted by Crippen LogP contribution is 2.22. The Bertz CT molecular complexity index is 735. The summed E-state index contributed by atoms with van der Waals surface area (Å²) in [7, 11) is 0. The largest absolute Gasteiger partial charge is 0.478 e. The van der Waals surface area contributed by atoms with Gasteiger partial charge in [-0.25, -0.2) is 4.79 Å². The standard InChI is InChI=1S/C18H19NO3/c1-4-14-15(18(21)22)6-5-7-16(14)19-17(20)13-9-8-11(2)12(3)10-13/h5-10H,4H2,1-3H3,(H,19,20)(H,21,22). The van der Waals surface area contributed by atoms with Crippen molar-refractivity contribution < 1.29 is 14.7 Å². The number of rotatable bonds is 4. The van der Waals surface area contributed by atoms with E-state index in [2.05, 4.69) is 5.32 Å². The first kappa shape index (κ1) is 15.8. The van der Waals surface area contributed by atoms with Crippen molar-refractivity contribution in [1.82, 2.24) is 0 Å². The van der Waals surface area contributed by atoms with Crippen LogP contribution in [0.15, 0.2) is 36.4 Å². The molecule has 0 unspecified atom stereocenters. The van der Waals surface area contributed by atoms with Crippen molar-refractivity contribution in [3.05, 3.63) is 64.2 Å². The topological polar surface area (TPSA) is 66.4 Å². The molecular formula is C18H19NO3. The maximum Gasteiger partial charge on any atom is 0.336 e. The van der Waals surface area contributed by atoms with Crippen molar-refractivity contribution in [1.29, 1.82) is 0 Å². The van der Waals surface area contributed by atoms with Crippen molar-refractivity contribution in [3.8, 4) is 0 Å². The number of hydrogen-bond donors (Lipinski definition) is 2. The second kappa shape index (κ2) is 6.43. The third-order valence-electron chi connectivity index (χ3n) is 3.78. The molecule has 2 aromatic rings. The van der Waals surface area contributed by atoms with Gasteiger partial charge in [0.25, 0.3) is 5.91 Å². The summed E-state index contributed by atoms with van der Waals surface area (Å²) in [5, 5.41) is 12.0. The minimum atomic E-state index is -0.987. The summed E-state index contributed by atoms with van der Waals surface area (Å²) in [6, 6.07) is 10.4. The molecule has 4 nitrogen and oxygen atoms in total. The van der Waals surface area contributed by atoms with Crippen LogP contribution in [0.4, 0.5) is 5.69 Å². The predicted molar refractivity (Wildman–Crippen MR) is 86.6 cm³/mol. The first-order valence-electron chi connectivity index (χ1n) is 7.17. The van der Waals surface area contributed by atoms with Gasteiger partial charge in [-0.1, -0.05) is 19.1 Å². The fourth-order valence-electron chi connectivity index (χ4n) is 2.36. The maximum atomic E-state index is 12.4. The van der Waals surface area contributed by atoms with E-state index < -0.39 is 5.97 Å². The van der Waals surface area contributed by atoms with Gasteiger partial charge in [0.05, 0.1) is 5.56 Å². The van der Waals surface area contributed by atoms with E-state index in [-0.39, 0.29) is 11.5 Å². The van der Waals surface area contributed by atoms with Crippen LogP contribution >= 0.6 is 0 Å². The number of carbonyl (C=O) groups excluding carboxylic acids is 1. The highest BCUT2D eigenvalue weighted by atomic mass is 16.4. The van der Waals surface area contributed by atoms with Crippen molar-refractivity contribution in [2.45, 2.75) is 27.2 Å². The normalized spacial score (nSPS) is 10.3. The third kappa shape index (κ3) is 3.17. The summed E-state index contributed by atoms with van der Waals surface area (Å²) in [4.78, 5) is 23.6. The molecule has 0 aliphatic rings. The number of amides is 1. The number of carboxylic acids is 1. The molecule has 0 saturated carbocycles. The van der Waals surface area contributed by atoms with Gasteiger partial charge < -0.3 is 10.4 Å². The molecule has 0 heterocycles. The number of hydrogen-bond acceptors (Lipinski definition) is 2. The smallest absolute Gasteiger partial charge is 0.336 e. The van der Waals surface area contributed by atoms with Gasteiger partial charge in [0.1, 0.15) is 0 Å². The molecule has 0 spiro atoms. The Morgan fingerprint density at radius 2 is 1.82 bits per heavy atom. The van der Waals surface area contributed by atoms with E-state index in [0.717, 1.165) is 11.1 Å². The summed E-state index contributed by atoms with van der Waals surface area (Å²) < 4.78 is 0. The van der Waals surface area contributed by atoms with Crippen LogP contribution in [0, 0.1) is 13.8 Å². The zero-order valence-electron chi connectivity index (χ0n) is 12.9. The van der Waals surface area contributed by atoms with E-state index >= 15 is 0 Å². The fraction of sp³-hybridized carbons (Fsp3) is 0.222. The Hall–Kier alpha value is -2.62. The second-order valence-corrected chi connectivity index (χ2v) is 5.24. The summed E-state index contributed by atoms with van der Waals surface area (Å²) in [6.45, 7) is 5.81. The van der Waals surface area contributed by atoms with E-state index in [0.29, 0.717) is 23.2 Å². The molecule has 22 heavy (non-hydrogen) atoms. The Balaban J connectivity index is 2.34. The van der Waals surface area contributed by atoms with Crippen molar-refractivity contribution in [2.24, 2.45) is 0 Å². The van der Waals surface area contributed by atoms with Crippen LogP contribution in [0.2, 0.25) is 0 Å². The number of anilines is 1. The summed E-state index contributed by atoms with van der Waals surface area (Å²) >= 11 is 0. The number of carboxylic acid groups (broad SMARTS) is 1. The van der Waals surface area contributed by atoms with E-state index in [9.17, 15) is 14.7 Å². The summed E-state index contributed by atoms with van der Waals surface area (Å²) in [5.41, 5.74) is 4.13. The van der Waals surface area contributed by atoms with E-state index in [4.69, 9.17) is 0 Å². The van der Waals surface area contributed by atoms with Crippen LogP contribution in [0.1, 0.15) is 44.3 Å². The fourth-order valence-corrected chi connectivity index (χ4v) is 2.36. The molecule has 0 radical (unpaired) electrons. The monoisotopic (exact) mass is 297 g/mol. The molecule has 2 rings (SSSR count). The molecule has 0 aliphatic heterocycles. The van der Waals surface area contributed by atoms with E-state index in [1.165, 1.54) is 0 Å². The Morgan fingerprint density at radius 1 is 1.09 bits per heavy atom. The molecule has 114 valence electrons. The van der Waals surface area contributed by atoms with Gasteiger partial charge in [0, 0.05) is 11.3 Å². The molecule has 0 aliphatic carbocycles. The van der Waals surface area contributed by atoms with E-state index in [1.807, 2.05) is 32.9 Å². The minimum absolute atomic E-state index is 0.223. The SMILES string of the molecule is CCc1c(NC(=O)c2ccc(C)c(C)c2)cccc1C(=O)O. The van der Waals surface area contributed by atoms with Gasteiger partial charge in [-0.15, -0.1) is 0 Å². The molecule has 0 atom stereocenters. The van der Waals surface area contributed by atoms with Crippen molar-refractivity contribution in [3.63, 3.8) is 0 Å². The molecular weight excluding hydrogens is 278 g/mol. The molecule has 1 amide bonds. The highest BCUT2D eigenvalue weighted by molar-refractivity contribution is 6.05. The lowest BCUT2D eigenvalue weighted by Crippen LogP contribution is -2.15. The number of aromatic carboxylic acids is 1. The summed E-state index contributed by atoms with van der Waals surface area (Å²) in [5.74, 6) is -1.22. The van der Waals surface area contributed by atoms with Crippen LogP contribution in [-0.2, 0) is 6.42 Å². The van der Waals surface area contributed by atoms with Crippen LogP contribution in [0.25, 0.3) is 0 Å². The number of nitrogens with one attached hydrogen (secondary N) is 1. The van der Waals surface area contributed by atoms with Gasteiger partial charge in [-0.2, -0.15) is 0 Å². The van der Waals surface area contributed by atoms with Crippen molar-refractivity contribution in [2.75, 3.05) is 5.32 Å². The highest BCUT2D eigenvalue weighted by Gasteiger charge is 2.15. The zero-order valence-corrected chi connectivity index (χ0v) is 12.9. The zero-order chi connectivity index (χ0) is 16.3. The molecule has 0 saturated heterocycles. The first-order valence-corrected chi connectivity index (χ1v) is 7.17. The van der Waals surface area contributed by atoms with Crippen LogP contribution < -0.4 is 5.32 Å². The lowest BCUT2D eigenvalue weighted by molar-refractivity contribution is 0.0695. The quantitative estimate of drug-likeness (QED) is 0.901. The van der Waals surface area contributed by atoms with Gasteiger partial charge in [0.2, 0.25) is 0 Å². The van der Waals surface area contributed by atoms with E-state index in [1.54, 1.807) is 24.3 Å². The van der Waals surface area contributed by atoms with Crippen LogP contribution in [0.5, 0.6) is 0 Å². The number of benzene rings is 2. The predicted octanol–water partition coefficient (Wildman–Crippen LogP) is 3.82. The molecule has 0 fully saturated rings. The summed E-state index contributed by atoms with van der Waals surface area (Å²) in [6.07, 6.45) is 0.533. The van der Waals surface area contributed by atoms with Gasteiger partial charge >= 0.3 is 5.97 Å². The number of carbonyl (C=O) groups is 2. The molecule has 0 bridgehead atoms. The molecule has 2 N–H and O–H groups in total. The van der Waals surface area contributed by atoms with Gasteiger partial charge in [0.15, 0.2) is 0 Å². The number of aryl methyl sites for hydroxylation is 2. The Labute approximate surface area is 129 Å². The lowest BCUT2D eigenvalue weighted by atomic mass is 10.0. The first-order chi connectivity index (χ1) is 10.4. The third-order valence-corrected chi connectivity index (χ3v) is 3.78. The van der Waals surface area contributed by atoms with Crippen LogP contribution in [-0.4, -0.2) is 17.0 Å². The molecule has 4 heteroatoms. The molecule has 2 aromatic carbocycles. The Kier molecular flexibility index (Phi) is 4.61. The lowest BCUT2D eigenvalue weighted by Gasteiger charge is -2.13. The van der Waals surface area contributed by atoms with Crippen LogP contribution in [0.3, 0.4) is 0 Å². The van der Waals surface area contributed by atoms with Crippen molar-refractivity contribution >= 4 is 17.6 Å². The van der Waals surface area contributed by atoms with Gasteiger partial charge in [-0.05, 0) is 61.2 Å². The Morgan fingerprint density at radius 3 is 2.41 bits per heavy atom. The maximum absolute atomic E-state index is 12.4. The average molecular weight is 297 g/mol. The minimum Gasteiger partial charge on any atom is -0.478 e. The van der Waals surface area contributed by atoms with Gasteiger partial charge in [-0.3, -0.25) is 4.79 Å². The molecule has 0 aromatic heterocycles. The second-order valence-electron chi connectivity index (χ2n) is 5.24.